The molecule has 1 aliphatic rings. The summed E-state index contributed by atoms with van der Waals surface area (Å²) in [5, 5.41) is 9.96. The average Bonchev–Trinajstić information content (AvgIpc) is 2.61. The van der Waals surface area contributed by atoms with Gasteiger partial charge in [0.15, 0.2) is 0 Å². The summed E-state index contributed by atoms with van der Waals surface area (Å²) in [4.78, 5) is 24.9. The number of carboxylic acid groups (broad SMARTS) is 1. The van der Waals surface area contributed by atoms with Gasteiger partial charge in [-0.05, 0) is 40.9 Å². The molecule has 17 heavy (non-hydrogen) atoms. The fourth-order valence-corrected chi connectivity index (χ4v) is 3.28. The molecule has 1 fully saturated rings. The van der Waals surface area contributed by atoms with Crippen LogP contribution in [0.25, 0.3) is 0 Å². The van der Waals surface area contributed by atoms with Crippen molar-refractivity contribution in [2.24, 2.45) is 5.41 Å². The van der Waals surface area contributed by atoms with Gasteiger partial charge >= 0.3 is 5.97 Å². The molecule has 1 N–H and O–H groups in total. The Labute approximate surface area is 111 Å². The molecule has 0 spiro atoms. The summed E-state index contributed by atoms with van der Waals surface area (Å²) in [5.74, 6) is -1.32. The van der Waals surface area contributed by atoms with Crippen LogP contribution in [0.3, 0.4) is 0 Å². The fourth-order valence-electron chi connectivity index (χ4n) is 1.96. The first-order valence-corrected chi connectivity index (χ1v) is 6.85. The van der Waals surface area contributed by atoms with Gasteiger partial charge in [0.2, 0.25) is 5.91 Å². The molecular formula is C11H12BrNO3S. The van der Waals surface area contributed by atoms with Crippen LogP contribution in [0, 0.1) is 5.41 Å². The van der Waals surface area contributed by atoms with Crippen LogP contribution in [-0.4, -0.2) is 24.0 Å². The number of carbonyl (C=O) groups is 2. The smallest absolute Gasteiger partial charge is 0.319 e. The van der Waals surface area contributed by atoms with Gasteiger partial charge < -0.3 is 10.0 Å². The van der Waals surface area contributed by atoms with Crippen LogP contribution in [0.2, 0.25) is 0 Å². The number of amides is 1. The van der Waals surface area contributed by atoms with E-state index in [1.807, 2.05) is 6.07 Å². The molecule has 0 saturated heterocycles. The molecule has 0 unspecified atom stereocenters. The highest BCUT2D eigenvalue weighted by Crippen LogP contribution is 2.44. The predicted octanol–water partition coefficient (Wildman–Crippen LogP) is 2.73. The van der Waals surface area contributed by atoms with Crippen molar-refractivity contribution in [2.75, 3.05) is 11.9 Å². The molecule has 2 rings (SSSR count). The van der Waals surface area contributed by atoms with Gasteiger partial charge in [0, 0.05) is 7.05 Å². The highest BCUT2D eigenvalue weighted by atomic mass is 79.9. The number of hydrogen-bond acceptors (Lipinski definition) is 3. The number of aliphatic carboxylic acids is 1. The van der Waals surface area contributed by atoms with Crippen LogP contribution in [0.15, 0.2) is 15.9 Å². The van der Waals surface area contributed by atoms with E-state index < -0.39 is 11.4 Å². The van der Waals surface area contributed by atoms with E-state index >= 15 is 0 Å². The lowest BCUT2D eigenvalue weighted by atomic mass is 9.68. The van der Waals surface area contributed by atoms with Crippen molar-refractivity contribution in [2.45, 2.75) is 19.3 Å². The number of thiophene rings is 1. The molecule has 1 saturated carbocycles. The van der Waals surface area contributed by atoms with Gasteiger partial charge in [0.1, 0.15) is 5.41 Å². The number of rotatable bonds is 3. The van der Waals surface area contributed by atoms with E-state index in [1.54, 1.807) is 13.1 Å². The lowest BCUT2D eigenvalue weighted by Gasteiger charge is -2.38. The largest absolute Gasteiger partial charge is 0.480 e. The summed E-state index contributed by atoms with van der Waals surface area (Å²) in [5.41, 5.74) is -1.19. The molecule has 1 amide bonds. The molecule has 0 aliphatic heterocycles. The Morgan fingerprint density at radius 1 is 1.47 bits per heavy atom. The van der Waals surface area contributed by atoms with Gasteiger partial charge in [-0.1, -0.05) is 6.42 Å². The van der Waals surface area contributed by atoms with Crippen LogP contribution in [0.4, 0.5) is 5.00 Å². The molecule has 0 radical (unpaired) electrons. The van der Waals surface area contributed by atoms with E-state index in [-0.39, 0.29) is 5.91 Å². The summed E-state index contributed by atoms with van der Waals surface area (Å²) in [6.45, 7) is 0. The minimum absolute atomic E-state index is 0.314. The number of halogens is 1. The Balaban J connectivity index is 2.22. The van der Waals surface area contributed by atoms with Crippen molar-refractivity contribution in [3.8, 4) is 0 Å². The average molecular weight is 318 g/mol. The van der Waals surface area contributed by atoms with Crippen LogP contribution in [0.5, 0.6) is 0 Å². The Hall–Kier alpha value is -0.880. The third-order valence-corrected chi connectivity index (χ3v) is 4.92. The number of carboxylic acids is 1. The molecular weight excluding hydrogens is 306 g/mol. The Kier molecular flexibility index (Phi) is 3.27. The molecule has 6 heteroatoms. The lowest BCUT2D eigenvalue weighted by Crippen LogP contribution is -2.51. The van der Waals surface area contributed by atoms with Crippen molar-refractivity contribution in [1.82, 2.24) is 0 Å². The molecule has 1 aromatic rings. The first kappa shape index (κ1) is 12.6. The standard InChI is InChI=1S/C11H12BrNO3S/c1-13(8-4-3-7(12)17-8)9(14)11(10(15)16)5-2-6-11/h3-4H,2,5-6H2,1H3,(H,15,16). The van der Waals surface area contributed by atoms with Crippen LogP contribution >= 0.6 is 27.3 Å². The number of anilines is 1. The second kappa shape index (κ2) is 4.42. The monoisotopic (exact) mass is 317 g/mol. The molecule has 92 valence electrons. The zero-order valence-corrected chi connectivity index (χ0v) is 11.7. The van der Waals surface area contributed by atoms with E-state index in [9.17, 15) is 14.7 Å². The van der Waals surface area contributed by atoms with Crippen LogP contribution in [-0.2, 0) is 9.59 Å². The zero-order chi connectivity index (χ0) is 12.6. The molecule has 4 nitrogen and oxygen atoms in total. The predicted molar refractivity (Wildman–Crippen MR) is 69.3 cm³/mol. The Morgan fingerprint density at radius 2 is 2.12 bits per heavy atom. The second-order valence-electron chi connectivity index (χ2n) is 4.18. The number of nitrogens with zero attached hydrogens (tertiary/aromatic N) is 1. The highest BCUT2D eigenvalue weighted by molar-refractivity contribution is 9.11. The third kappa shape index (κ3) is 1.99. The van der Waals surface area contributed by atoms with Crippen molar-refractivity contribution in [3.05, 3.63) is 15.9 Å². The molecule has 0 bridgehead atoms. The van der Waals surface area contributed by atoms with Crippen molar-refractivity contribution in [3.63, 3.8) is 0 Å². The van der Waals surface area contributed by atoms with Gasteiger partial charge in [-0.2, -0.15) is 0 Å². The number of hydrogen-bond donors (Lipinski definition) is 1. The molecule has 1 aliphatic carbocycles. The minimum atomic E-state index is -1.19. The van der Waals surface area contributed by atoms with Gasteiger partial charge in [-0.3, -0.25) is 9.59 Å². The summed E-state index contributed by atoms with van der Waals surface area (Å²) >= 11 is 4.74. The Bertz CT molecular complexity index is 467. The summed E-state index contributed by atoms with van der Waals surface area (Å²) in [6, 6.07) is 3.65. The van der Waals surface area contributed by atoms with Crippen LogP contribution in [0.1, 0.15) is 19.3 Å². The third-order valence-electron chi connectivity index (χ3n) is 3.22. The summed E-state index contributed by atoms with van der Waals surface area (Å²) in [7, 11) is 1.63. The van der Waals surface area contributed by atoms with Crippen LogP contribution < -0.4 is 4.90 Å². The van der Waals surface area contributed by atoms with E-state index in [4.69, 9.17) is 0 Å². The van der Waals surface area contributed by atoms with Gasteiger partial charge in [-0.15, -0.1) is 11.3 Å². The maximum absolute atomic E-state index is 12.2. The first-order valence-electron chi connectivity index (χ1n) is 5.24. The molecule has 0 aromatic carbocycles. The lowest BCUT2D eigenvalue weighted by molar-refractivity contribution is -0.160. The normalized spacial score (nSPS) is 17.3. The SMILES string of the molecule is CN(C(=O)C1(C(=O)O)CCC1)c1ccc(Br)s1. The second-order valence-corrected chi connectivity index (χ2v) is 6.62. The topological polar surface area (TPSA) is 57.6 Å². The highest BCUT2D eigenvalue weighted by Gasteiger charge is 2.52. The first-order chi connectivity index (χ1) is 7.97. The minimum Gasteiger partial charge on any atom is -0.480 e. The molecule has 1 aromatic heterocycles. The van der Waals surface area contributed by atoms with Gasteiger partial charge in [0.05, 0.1) is 8.79 Å². The van der Waals surface area contributed by atoms with E-state index in [2.05, 4.69) is 15.9 Å². The summed E-state index contributed by atoms with van der Waals surface area (Å²) < 4.78 is 0.921. The van der Waals surface area contributed by atoms with Crippen molar-refractivity contribution in [1.29, 1.82) is 0 Å². The quantitative estimate of drug-likeness (QED) is 0.872. The maximum atomic E-state index is 12.2. The van der Waals surface area contributed by atoms with Gasteiger partial charge in [0.25, 0.3) is 0 Å². The zero-order valence-electron chi connectivity index (χ0n) is 9.27. The van der Waals surface area contributed by atoms with Gasteiger partial charge in [-0.25, -0.2) is 0 Å². The fraction of sp³-hybridized carbons (Fsp3) is 0.455. The maximum Gasteiger partial charge on any atom is 0.319 e. The van der Waals surface area contributed by atoms with E-state index in [1.165, 1.54) is 16.2 Å². The van der Waals surface area contributed by atoms with Crippen molar-refractivity contribution < 1.29 is 14.7 Å². The molecule has 0 atom stereocenters. The van der Waals surface area contributed by atoms with E-state index in [0.717, 1.165) is 15.2 Å². The Morgan fingerprint density at radius 3 is 2.47 bits per heavy atom. The van der Waals surface area contributed by atoms with E-state index in [0.29, 0.717) is 12.8 Å². The molecule has 1 heterocycles. The number of carbonyl (C=O) groups excluding carboxylic acids is 1. The van der Waals surface area contributed by atoms with Crippen molar-refractivity contribution >= 4 is 44.1 Å². The summed E-state index contributed by atoms with van der Waals surface area (Å²) in [6.07, 6.45) is 1.69.